The molecule has 1 N–H and O–H groups in total. The smallest absolute Gasteiger partial charge is 0.300 e. The molecule has 0 aliphatic carbocycles. The topological polar surface area (TPSA) is 89.0 Å². The number of hydrogen-bond acceptors (Lipinski definition) is 6. The standard InChI is InChI=1S/C31H26N2O5/c1-20-16-22(13-14-26(20)38-19-21-8-4-3-5-9-21)29(34)27-28(23-10-7-15-32-18-23)33(31(36)30(27)35)24-11-6-12-25(17-24)37-2/h3-18,28,34H,19H2,1-2H3/b29-27+. The van der Waals surface area contributed by atoms with E-state index in [9.17, 15) is 14.7 Å². The fraction of sp³-hybridized carbons (Fsp3) is 0.129. The summed E-state index contributed by atoms with van der Waals surface area (Å²) in [5.74, 6) is -0.586. The molecule has 190 valence electrons. The second-order valence-electron chi connectivity index (χ2n) is 8.91. The predicted molar refractivity (Wildman–Crippen MR) is 144 cm³/mol. The summed E-state index contributed by atoms with van der Waals surface area (Å²) < 4.78 is 11.3. The molecule has 1 fully saturated rings. The third kappa shape index (κ3) is 4.74. The third-order valence-corrected chi connectivity index (χ3v) is 6.46. The number of methoxy groups -OCH3 is 1. The number of nitrogens with zero attached hydrogens (tertiary/aromatic N) is 2. The molecule has 4 aromatic rings. The van der Waals surface area contributed by atoms with Crippen LogP contribution in [0.5, 0.6) is 11.5 Å². The van der Waals surface area contributed by atoms with Gasteiger partial charge in [-0.25, -0.2) is 0 Å². The highest BCUT2D eigenvalue weighted by molar-refractivity contribution is 6.51. The second-order valence-corrected chi connectivity index (χ2v) is 8.91. The number of carbonyl (C=O) groups is 2. The van der Waals surface area contributed by atoms with E-state index in [0.717, 1.165) is 11.1 Å². The maximum atomic E-state index is 13.4. The summed E-state index contributed by atoms with van der Waals surface area (Å²) in [6.45, 7) is 2.27. The van der Waals surface area contributed by atoms with Gasteiger partial charge in [-0.1, -0.05) is 42.5 Å². The Balaban J connectivity index is 1.55. The molecule has 1 atom stereocenters. The van der Waals surface area contributed by atoms with Crippen molar-refractivity contribution in [3.8, 4) is 11.5 Å². The minimum absolute atomic E-state index is 0.0110. The fourth-order valence-corrected chi connectivity index (χ4v) is 4.56. The molecule has 1 aromatic heterocycles. The molecule has 3 aromatic carbocycles. The summed E-state index contributed by atoms with van der Waals surface area (Å²) in [4.78, 5) is 32.3. The SMILES string of the molecule is COc1cccc(N2C(=O)C(=O)/C(=C(/O)c3ccc(OCc4ccccc4)c(C)c3)C2c2cccnc2)c1. The van der Waals surface area contributed by atoms with Gasteiger partial charge in [0.25, 0.3) is 11.7 Å². The molecular weight excluding hydrogens is 480 g/mol. The van der Waals surface area contributed by atoms with E-state index in [-0.39, 0.29) is 11.3 Å². The zero-order valence-electron chi connectivity index (χ0n) is 21.0. The number of aliphatic hydroxyl groups excluding tert-OH is 1. The van der Waals surface area contributed by atoms with Gasteiger partial charge in [0, 0.05) is 29.7 Å². The van der Waals surface area contributed by atoms with E-state index in [1.54, 1.807) is 67.0 Å². The molecule has 2 heterocycles. The van der Waals surface area contributed by atoms with Gasteiger partial charge in [0.05, 0.1) is 18.7 Å². The van der Waals surface area contributed by atoms with Gasteiger partial charge >= 0.3 is 0 Å². The van der Waals surface area contributed by atoms with Crippen molar-refractivity contribution in [1.82, 2.24) is 4.98 Å². The Morgan fingerprint density at radius 1 is 0.974 bits per heavy atom. The molecule has 1 saturated heterocycles. The summed E-state index contributed by atoms with van der Waals surface area (Å²) in [6.07, 6.45) is 3.20. The van der Waals surface area contributed by atoms with Crippen LogP contribution in [-0.4, -0.2) is 28.9 Å². The Morgan fingerprint density at radius 2 is 1.79 bits per heavy atom. The van der Waals surface area contributed by atoms with Crippen molar-refractivity contribution in [3.63, 3.8) is 0 Å². The summed E-state index contributed by atoms with van der Waals surface area (Å²) >= 11 is 0. The van der Waals surface area contributed by atoms with Crippen molar-refractivity contribution < 1.29 is 24.2 Å². The molecule has 1 aliphatic rings. The number of ketones is 1. The van der Waals surface area contributed by atoms with Gasteiger partial charge in [-0.05, 0) is 60.0 Å². The summed E-state index contributed by atoms with van der Waals surface area (Å²) in [5.41, 5.74) is 3.28. The van der Waals surface area contributed by atoms with Gasteiger partial charge in [-0.3, -0.25) is 19.5 Å². The molecule has 1 unspecified atom stereocenters. The lowest BCUT2D eigenvalue weighted by Crippen LogP contribution is -2.29. The molecule has 0 bridgehead atoms. The Morgan fingerprint density at radius 3 is 2.50 bits per heavy atom. The monoisotopic (exact) mass is 506 g/mol. The van der Waals surface area contributed by atoms with E-state index in [1.165, 1.54) is 12.0 Å². The minimum atomic E-state index is -0.870. The molecule has 38 heavy (non-hydrogen) atoms. The maximum absolute atomic E-state index is 13.4. The number of aromatic nitrogens is 1. The second kappa shape index (κ2) is 10.6. The van der Waals surface area contributed by atoms with Crippen LogP contribution in [-0.2, 0) is 16.2 Å². The van der Waals surface area contributed by atoms with Crippen LogP contribution in [0.4, 0.5) is 5.69 Å². The summed E-state index contributed by atoms with van der Waals surface area (Å²) in [6, 6.07) is 24.5. The first-order chi connectivity index (χ1) is 18.5. The molecule has 1 aliphatic heterocycles. The van der Waals surface area contributed by atoms with Crippen molar-refractivity contribution in [2.45, 2.75) is 19.6 Å². The van der Waals surface area contributed by atoms with Gasteiger partial charge in [-0.2, -0.15) is 0 Å². The minimum Gasteiger partial charge on any atom is -0.507 e. The molecule has 7 nitrogen and oxygen atoms in total. The molecular formula is C31H26N2O5. The number of amides is 1. The van der Waals surface area contributed by atoms with E-state index in [2.05, 4.69) is 4.98 Å². The highest BCUT2D eigenvalue weighted by Gasteiger charge is 2.47. The Hall–Kier alpha value is -4.91. The Bertz CT molecular complexity index is 1520. The van der Waals surface area contributed by atoms with Gasteiger partial charge in [0.15, 0.2) is 0 Å². The number of benzene rings is 3. The van der Waals surface area contributed by atoms with Crippen LogP contribution in [0, 0.1) is 6.92 Å². The zero-order valence-corrected chi connectivity index (χ0v) is 21.0. The Labute approximate surface area is 220 Å². The van der Waals surface area contributed by atoms with Crippen molar-refractivity contribution in [2.75, 3.05) is 12.0 Å². The van der Waals surface area contributed by atoms with Crippen molar-refractivity contribution in [1.29, 1.82) is 0 Å². The first kappa shape index (κ1) is 24.8. The van der Waals surface area contributed by atoms with Crippen molar-refractivity contribution >= 4 is 23.1 Å². The number of rotatable bonds is 7. The van der Waals surface area contributed by atoms with E-state index in [1.807, 2.05) is 37.3 Å². The first-order valence-corrected chi connectivity index (χ1v) is 12.1. The third-order valence-electron chi connectivity index (χ3n) is 6.46. The van der Waals surface area contributed by atoms with Crippen LogP contribution < -0.4 is 14.4 Å². The van der Waals surface area contributed by atoms with Crippen molar-refractivity contribution in [2.24, 2.45) is 0 Å². The fourth-order valence-electron chi connectivity index (χ4n) is 4.56. The number of anilines is 1. The molecule has 0 radical (unpaired) electrons. The van der Waals surface area contributed by atoms with Gasteiger partial charge < -0.3 is 14.6 Å². The normalized spacial score (nSPS) is 16.5. The number of carbonyl (C=O) groups excluding carboxylic acids is 2. The highest BCUT2D eigenvalue weighted by Crippen LogP contribution is 2.42. The lowest BCUT2D eigenvalue weighted by atomic mass is 9.95. The van der Waals surface area contributed by atoms with Gasteiger partial charge in [0.1, 0.15) is 23.9 Å². The molecule has 5 rings (SSSR count). The van der Waals surface area contributed by atoms with E-state index >= 15 is 0 Å². The molecule has 1 amide bonds. The average Bonchev–Trinajstić information content (AvgIpc) is 3.23. The van der Waals surface area contributed by atoms with Crippen LogP contribution in [0.1, 0.15) is 28.3 Å². The molecule has 0 saturated carbocycles. The zero-order chi connectivity index (χ0) is 26.6. The Kier molecular flexibility index (Phi) is 6.91. The van der Waals surface area contributed by atoms with Crippen molar-refractivity contribution in [3.05, 3.63) is 125 Å². The van der Waals surface area contributed by atoms with Crippen LogP contribution in [0.25, 0.3) is 5.76 Å². The summed E-state index contributed by atoms with van der Waals surface area (Å²) in [5, 5.41) is 11.4. The maximum Gasteiger partial charge on any atom is 0.300 e. The van der Waals surface area contributed by atoms with Crippen LogP contribution >= 0.6 is 0 Å². The number of ether oxygens (including phenoxy) is 2. The molecule has 7 heteroatoms. The number of hydrogen-bond donors (Lipinski definition) is 1. The number of aliphatic hydroxyl groups is 1. The average molecular weight is 507 g/mol. The number of aryl methyl sites for hydroxylation is 1. The van der Waals surface area contributed by atoms with Gasteiger partial charge in [-0.15, -0.1) is 0 Å². The van der Waals surface area contributed by atoms with Crippen LogP contribution in [0.3, 0.4) is 0 Å². The number of pyridine rings is 1. The summed E-state index contributed by atoms with van der Waals surface area (Å²) in [7, 11) is 1.53. The largest absolute Gasteiger partial charge is 0.507 e. The quantitative estimate of drug-likeness (QED) is 0.199. The van der Waals surface area contributed by atoms with E-state index < -0.39 is 17.7 Å². The molecule has 0 spiro atoms. The lowest BCUT2D eigenvalue weighted by Gasteiger charge is -2.25. The predicted octanol–water partition coefficient (Wildman–Crippen LogP) is 5.60. The van der Waals surface area contributed by atoms with Crippen LogP contribution in [0.2, 0.25) is 0 Å². The lowest BCUT2D eigenvalue weighted by molar-refractivity contribution is -0.132. The van der Waals surface area contributed by atoms with Crippen LogP contribution in [0.15, 0.2) is 103 Å². The van der Waals surface area contributed by atoms with E-state index in [4.69, 9.17) is 9.47 Å². The van der Waals surface area contributed by atoms with Gasteiger partial charge in [0.2, 0.25) is 0 Å². The van der Waals surface area contributed by atoms with E-state index in [0.29, 0.717) is 34.9 Å². The number of Topliss-reactive ketones (excluding diaryl/α,β-unsaturated/α-hetero) is 1. The highest BCUT2D eigenvalue weighted by atomic mass is 16.5. The first-order valence-electron chi connectivity index (χ1n) is 12.1.